The predicted octanol–water partition coefficient (Wildman–Crippen LogP) is -2.23. The van der Waals surface area contributed by atoms with Gasteiger partial charge in [0.15, 0.2) is 0 Å². The Morgan fingerprint density at radius 3 is 1.00 bits per heavy atom. The Labute approximate surface area is 101 Å². The summed E-state index contributed by atoms with van der Waals surface area (Å²) in [5.41, 5.74) is 0. The molecule has 0 aromatic heterocycles. The summed E-state index contributed by atoms with van der Waals surface area (Å²) in [6.45, 7) is 0. The van der Waals surface area contributed by atoms with E-state index in [1.165, 1.54) is 0 Å². The Morgan fingerprint density at radius 2 is 1.00 bits per heavy atom. The number of rotatable bonds is 0. The second kappa shape index (κ2) is 9.07. The molecule has 0 rings (SSSR count). The molecule has 0 aliphatic rings. The van der Waals surface area contributed by atoms with E-state index in [1.807, 2.05) is 0 Å². The SMILES string of the molecule is O=P(O)(O)O.O=S(=O)(O)O.[Cu].[NaH]. The third-order valence-corrected chi connectivity index (χ3v) is 0. The van der Waals surface area contributed by atoms with E-state index >= 15 is 0 Å². The van der Waals surface area contributed by atoms with E-state index in [4.69, 9.17) is 36.8 Å². The molecule has 77 valence electrons. The molecular weight excluding hydrogens is 278 g/mol. The number of hydrogen-bond donors (Lipinski definition) is 5. The van der Waals surface area contributed by atoms with Gasteiger partial charge in [-0.1, -0.05) is 0 Å². The maximum absolute atomic E-state index is 8.88. The topological polar surface area (TPSA) is 152 Å². The molecule has 0 saturated heterocycles. The Kier molecular flexibility index (Phi) is 17.7. The van der Waals surface area contributed by atoms with Gasteiger partial charge in [-0.05, 0) is 0 Å². The van der Waals surface area contributed by atoms with Crippen molar-refractivity contribution in [2.75, 3.05) is 0 Å². The van der Waals surface area contributed by atoms with Crippen LogP contribution in [0.3, 0.4) is 0 Å². The molecule has 12 heteroatoms. The molecule has 0 aliphatic heterocycles. The average Bonchev–Trinajstić information content (AvgIpc) is 1.12. The molecule has 0 spiro atoms. The Balaban J connectivity index is -0.0000000457. The van der Waals surface area contributed by atoms with E-state index in [0.717, 1.165) is 0 Å². The zero-order valence-corrected chi connectivity index (χ0v) is 7.27. The third-order valence-electron chi connectivity index (χ3n) is 0. The van der Waals surface area contributed by atoms with Gasteiger partial charge >= 0.3 is 47.8 Å². The van der Waals surface area contributed by atoms with E-state index in [0.29, 0.717) is 0 Å². The van der Waals surface area contributed by atoms with Crippen molar-refractivity contribution in [2.24, 2.45) is 0 Å². The van der Waals surface area contributed by atoms with Gasteiger partial charge in [-0.2, -0.15) is 8.42 Å². The Bertz CT molecular complexity index is 197. The van der Waals surface area contributed by atoms with Crippen LogP contribution in [-0.4, -0.2) is 61.8 Å². The van der Waals surface area contributed by atoms with Gasteiger partial charge in [0, 0.05) is 17.1 Å². The summed E-state index contributed by atoms with van der Waals surface area (Å²) < 4.78 is 40.5. The van der Waals surface area contributed by atoms with Gasteiger partial charge in [-0.3, -0.25) is 9.11 Å². The fourth-order valence-corrected chi connectivity index (χ4v) is 0. The summed E-state index contributed by atoms with van der Waals surface area (Å²) >= 11 is 0. The van der Waals surface area contributed by atoms with Gasteiger partial charge in [-0.25, -0.2) is 4.57 Å². The predicted molar refractivity (Wildman–Crippen MR) is 35.6 cm³/mol. The van der Waals surface area contributed by atoms with Crippen LogP contribution in [0.4, 0.5) is 0 Å². The van der Waals surface area contributed by atoms with Gasteiger partial charge in [0.25, 0.3) is 0 Å². The molecule has 0 atom stereocenters. The van der Waals surface area contributed by atoms with Gasteiger partial charge in [0.05, 0.1) is 0 Å². The molecule has 0 bridgehead atoms. The average molecular weight is 284 g/mol. The van der Waals surface area contributed by atoms with Crippen molar-refractivity contribution < 1.29 is 53.8 Å². The van der Waals surface area contributed by atoms with Crippen LogP contribution in [-0.2, 0) is 32.0 Å². The summed E-state index contributed by atoms with van der Waals surface area (Å²) in [7, 11) is -9.31. The molecule has 0 amide bonds. The van der Waals surface area contributed by atoms with Crippen molar-refractivity contribution in [3.8, 4) is 0 Å². The molecule has 0 aromatic carbocycles. The maximum atomic E-state index is 8.88. The summed E-state index contributed by atoms with van der Waals surface area (Å²) in [6.07, 6.45) is 0. The minimum absolute atomic E-state index is 0. The van der Waals surface area contributed by atoms with Crippen molar-refractivity contribution in [3.63, 3.8) is 0 Å². The minimum atomic E-state index is -4.67. The first-order valence-corrected chi connectivity index (χ1v) is 4.44. The van der Waals surface area contributed by atoms with Crippen LogP contribution in [0, 0.1) is 0 Å². The van der Waals surface area contributed by atoms with Crippen molar-refractivity contribution in [1.29, 1.82) is 0 Å². The summed E-state index contributed by atoms with van der Waals surface area (Å²) in [6, 6.07) is 0. The van der Waals surface area contributed by atoms with Crippen molar-refractivity contribution >= 4 is 47.8 Å². The molecule has 1 radical (unpaired) electrons. The molecule has 8 nitrogen and oxygen atoms in total. The molecule has 0 unspecified atom stereocenters. The van der Waals surface area contributed by atoms with Gasteiger partial charge in [0.1, 0.15) is 0 Å². The van der Waals surface area contributed by atoms with Crippen LogP contribution in [0.1, 0.15) is 0 Å². The third kappa shape index (κ3) is 564. The standard InChI is InChI=1S/Cu.Na.H3O4P.H2O4S.H/c;;2*1-5(2,3)4;/h;;(H3,1,2,3,4);(H2,1,2,3,4);. The molecule has 0 aliphatic carbocycles. The van der Waals surface area contributed by atoms with Crippen molar-refractivity contribution in [1.82, 2.24) is 0 Å². The van der Waals surface area contributed by atoms with E-state index in [9.17, 15) is 0 Å². The number of phosphoric acid groups is 1. The van der Waals surface area contributed by atoms with Crippen LogP contribution in [0.5, 0.6) is 0 Å². The van der Waals surface area contributed by atoms with Gasteiger partial charge in [-0.15, -0.1) is 0 Å². The van der Waals surface area contributed by atoms with Gasteiger partial charge < -0.3 is 14.7 Å². The number of hydrogen-bond acceptors (Lipinski definition) is 3. The van der Waals surface area contributed by atoms with Crippen LogP contribution in [0.15, 0.2) is 0 Å². The molecule has 5 N–H and O–H groups in total. The normalized spacial score (nSPS) is 9.75. The van der Waals surface area contributed by atoms with Crippen molar-refractivity contribution in [3.05, 3.63) is 0 Å². The van der Waals surface area contributed by atoms with Gasteiger partial charge in [0.2, 0.25) is 0 Å². The molecule has 0 fully saturated rings. The Hall–Kier alpha value is 1.50. The van der Waals surface area contributed by atoms with E-state index < -0.39 is 18.2 Å². The van der Waals surface area contributed by atoms with E-state index in [2.05, 4.69) is 0 Å². The summed E-state index contributed by atoms with van der Waals surface area (Å²) in [4.78, 5) is 21.6. The van der Waals surface area contributed by atoms with Crippen LogP contribution >= 0.6 is 7.82 Å². The zero-order chi connectivity index (χ0) is 9.00. The first-order chi connectivity index (χ1) is 4.00. The second-order valence-electron chi connectivity index (χ2n) is 0.961. The quantitative estimate of drug-likeness (QED) is 0.190. The molecule has 0 aromatic rings. The first-order valence-electron chi connectivity index (χ1n) is 1.48. The van der Waals surface area contributed by atoms with Crippen molar-refractivity contribution in [2.45, 2.75) is 0 Å². The van der Waals surface area contributed by atoms with E-state index in [-0.39, 0.29) is 46.6 Å². The fourth-order valence-electron chi connectivity index (χ4n) is 0. The van der Waals surface area contributed by atoms with Crippen LogP contribution < -0.4 is 0 Å². The summed E-state index contributed by atoms with van der Waals surface area (Å²) in [5, 5.41) is 0. The molecule has 12 heavy (non-hydrogen) atoms. The fraction of sp³-hybridized carbons (Fsp3) is 0. The van der Waals surface area contributed by atoms with Crippen LogP contribution in [0.2, 0.25) is 0 Å². The zero-order valence-electron chi connectivity index (χ0n) is 4.62. The second-order valence-corrected chi connectivity index (χ2v) is 2.88. The molecular formula is H6CuNaO8PS. The monoisotopic (exact) mass is 283 g/mol. The molecule has 0 saturated carbocycles. The van der Waals surface area contributed by atoms with Crippen LogP contribution in [0.25, 0.3) is 0 Å². The summed E-state index contributed by atoms with van der Waals surface area (Å²) in [5.74, 6) is 0. The van der Waals surface area contributed by atoms with E-state index in [1.54, 1.807) is 0 Å². The Morgan fingerprint density at radius 1 is 1.00 bits per heavy atom. The first kappa shape index (κ1) is 23.4. The molecule has 0 heterocycles.